The molecule has 1 aromatic carbocycles. The van der Waals surface area contributed by atoms with Gasteiger partial charge < -0.3 is 14.7 Å². The van der Waals surface area contributed by atoms with Crippen LogP contribution in [0.3, 0.4) is 0 Å². The van der Waals surface area contributed by atoms with E-state index < -0.39 is 0 Å². The van der Waals surface area contributed by atoms with Gasteiger partial charge >= 0.3 is 0 Å². The van der Waals surface area contributed by atoms with Gasteiger partial charge in [-0.15, -0.1) is 0 Å². The quantitative estimate of drug-likeness (QED) is 0.772. The topological polar surface area (TPSA) is 33.9 Å². The molecular formula is C16H26NO2+. The first kappa shape index (κ1) is 14.4. The first-order valence-electron chi connectivity index (χ1n) is 7.51. The minimum absolute atomic E-state index is 0.358. The lowest BCUT2D eigenvalue weighted by atomic mass is 10.1. The van der Waals surface area contributed by atoms with E-state index in [-0.39, 0.29) is 6.10 Å². The maximum Gasteiger partial charge on any atom is 0.137 e. The number of benzene rings is 1. The van der Waals surface area contributed by atoms with Crippen LogP contribution in [0.4, 0.5) is 0 Å². The molecule has 0 amide bonds. The molecule has 0 spiro atoms. The first-order valence-corrected chi connectivity index (χ1v) is 7.51. The fraction of sp³-hybridized carbons (Fsp3) is 0.625. The molecule has 1 fully saturated rings. The molecule has 2 N–H and O–H groups in total. The third-order valence-electron chi connectivity index (χ3n) is 3.74. The summed E-state index contributed by atoms with van der Waals surface area (Å²) >= 11 is 0. The molecule has 0 saturated carbocycles. The van der Waals surface area contributed by atoms with Gasteiger partial charge in [-0.25, -0.2) is 0 Å². The van der Waals surface area contributed by atoms with E-state index in [0.717, 1.165) is 25.1 Å². The zero-order valence-electron chi connectivity index (χ0n) is 11.9. The third-order valence-corrected chi connectivity index (χ3v) is 3.74. The molecule has 1 aromatic rings. The summed E-state index contributed by atoms with van der Waals surface area (Å²) in [6.07, 6.45) is 4.51. The van der Waals surface area contributed by atoms with Gasteiger partial charge in [-0.05, 0) is 24.1 Å². The highest BCUT2D eigenvalue weighted by atomic mass is 16.5. The first-order chi connectivity index (χ1) is 9.28. The molecule has 0 radical (unpaired) electrons. The third kappa shape index (κ3) is 4.84. The molecule has 1 heterocycles. The van der Waals surface area contributed by atoms with Gasteiger partial charge in [-0.1, -0.05) is 25.5 Å². The van der Waals surface area contributed by atoms with Gasteiger partial charge in [0.15, 0.2) is 0 Å². The molecule has 0 aliphatic carbocycles. The van der Waals surface area contributed by atoms with E-state index >= 15 is 0 Å². The predicted octanol–water partition coefficient (Wildman–Crippen LogP) is 1.06. The predicted molar refractivity (Wildman–Crippen MR) is 76.7 cm³/mol. The maximum absolute atomic E-state index is 9.96. The summed E-state index contributed by atoms with van der Waals surface area (Å²) < 4.78 is 5.65. The van der Waals surface area contributed by atoms with E-state index in [1.54, 1.807) is 0 Å². The number of aliphatic hydroxyl groups excluding tert-OH is 1. The Labute approximate surface area is 116 Å². The Hall–Kier alpha value is -1.06. The van der Waals surface area contributed by atoms with E-state index in [1.807, 2.05) is 12.1 Å². The monoisotopic (exact) mass is 264 g/mol. The Bertz CT molecular complexity index is 358. The second kappa shape index (κ2) is 7.51. The molecule has 1 atom stereocenters. The van der Waals surface area contributed by atoms with Crippen molar-refractivity contribution in [2.45, 2.75) is 38.7 Å². The summed E-state index contributed by atoms with van der Waals surface area (Å²) in [7, 11) is 0. The molecule has 1 aliphatic rings. The van der Waals surface area contributed by atoms with E-state index in [0.29, 0.717) is 6.61 Å². The van der Waals surface area contributed by atoms with Crippen molar-refractivity contribution in [2.24, 2.45) is 0 Å². The van der Waals surface area contributed by atoms with Crippen molar-refractivity contribution in [1.82, 2.24) is 0 Å². The zero-order chi connectivity index (χ0) is 13.5. The van der Waals surface area contributed by atoms with E-state index in [4.69, 9.17) is 4.74 Å². The molecule has 3 heteroatoms. The Morgan fingerprint density at radius 3 is 2.53 bits per heavy atom. The minimum atomic E-state index is -0.358. The summed E-state index contributed by atoms with van der Waals surface area (Å²) in [5, 5.41) is 9.96. The van der Waals surface area contributed by atoms with Gasteiger partial charge in [-0.3, -0.25) is 0 Å². The highest BCUT2D eigenvalue weighted by Gasteiger charge is 2.19. The molecule has 1 aliphatic heterocycles. The number of nitrogens with one attached hydrogen (secondary N) is 1. The van der Waals surface area contributed by atoms with E-state index in [1.165, 1.54) is 36.4 Å². The van der Waals surface area contributed by atoms with E-state index in [2.05, 4.69) is 19.1 Å². The number of aryl methyl sites for hydroxylation is 1. The lowest BCUT2D eigenvalue weighted by Gasteiger charge is -2.17. The van der Waals surface area contributed by atoms with Gasteiger partial charge in [0.25, 0.3) is 0 Å². The average Bonchev–Trinajstić information content (AvgIpc) is 2.91. The average molecular weight is 264 g/mol. The van der Waals surface area contributed by atoms with Crippen molar-refractivity contribution in [2.75, 3.05) is 26.2 Å². The molecule has 0 bridgehead atoms. The van der Waals surface area contributed by atoms with Crippen molar-refractivity contribution in [3.8, 4) is 5.75 Å². The number of rotatable bonds is 7. The zero-order valence-corrected chi connectivity index (χ0v) is 11.9. The molecule has 19 heavy (non-hydrogen) atoms. The molecule has 3 nitrogen and oxygen atoms in total. The fourth-order valence-electron chi connectivity index (χ4n) is 2.70. The highest BCUT2D eigenvalue weighted by molar-refractivity contribution is 5.27. The number of hydrogen-bond acceptors (Lipinski definition) is 2. The molecule has 106 valence electrons. The van der Waals surface area contributed by atoms with Crippen molar-refractivity contribution in [1.29, 1.82) is 0 Å². The highest BCUT2D eigenvalue weighted by Crippen LogP contribution is 2.13. The van der Waals surface area contributed by atoms with Crippen LogP contribution in [-0.2, 0) is 6.42 Å². The van der Waals surface area contributed by atoms with Crippen LogP contribution in [0.25, 0.3) is 0 Å². The van der Waals surface area contributed by atoms with Gasteiger partial charge in [0.2, 0.25) is 0 Å². The Morgan fingerprint density at radius 1 is 1.21 bits per heavy atom. The normalized spacial score (nSPS) is 17.6. The molecule has 1 saturated heterocycles. The molecular weight excluding hydrogens is 238 g/mol. The molecule has 0 aromatic heterocycles. The van der Waals surface area contributed by atoms with E-state index in [9.17, 15) is 5.11 Å². The van der Waals surface area contributed by atoms with Gasteiger partial charge in [0.1, 0.15) is 25.0 Å². The van der Waals surface area contributed by atoms with Crippen molar-refractivity contribution in [3.05, 3.63) is 29.8 Å². The number of likely N-dealkylation sites (tertiary alicyclic amines) is 1. The summed E-state index contributed by atoms with van der Waals surface area (Å²) in [6.45, 7) is 5.79. The SMILES string of the molecule is CCCc1ccc(OC[C@H](O)C[NH+]2CCCC2)cc1. The molecule has 0 unspecified atom stereocenters. The van der Waals surface area contributed by atoms with Crippen LogP contribution in [0.5, 0.6) is 5.75 Å². The summed E-state index contributed by atoms with van der Waals surface area (Å²) in [4.78, 5) is 1.51. The van der Waals surface area contributed by atoms with Crippen molar-refractivity contribution < 1.29 is 14.7 Å². The van der Waals surface area contributed by atoms with Crippen molar-refractivity contribution in [3.63, 3.8) is 0 Å². The number of quaternary nitrogens is 1. The summed E-state index contributed by atoms with van der Waals surface area (Å²) in [6, 6.07) is 8.22. The lowest BCUT2D eigenvalue weighted by molar-refractivity contribution is -0.890. The van der Waals surface area contributed by atoms with Crippen LogP contribution in [0, 0.1) is 0 Å². The smallest absolute Gasteiger partial charge is 0.137 e. The van der Waals surface area contributed by atoms with Crippen LogP contribution < -0.4 is 9.64 Å². The lowest BCUT2D eigenvalue weighted by Crippen LogP contribution is -3.11. The number of ether oxygens (including phenoxy) is 1. The van der Waals surface area contributed by atoms with Crippen LogP contribution in [0.2, 0.25) is 0 Å². The molecule has 2 rings (SSSR count). The van der Waals surface area contributed by atoms with Gasteiger partial charge in [-0.2, -0.15) is 0 Å². The van der Waals surface area contributed by atoms with Crippen LogP contribution >= 0.6 is 0 Å². The number of hydrogen-bond donors (Lipinski definition) is 2. The Kier molecular flexibility index (Phi) is 5.67. The maximum atomic E-state index is 9.96. The van der Waals surface area contributed by atoms with Crippen LogP contribution in [0.15, 0.2) is 24.3 Å². The largest absolute Gasteiger partial charge is 0.491 e. The number of aliphatic hydroxyl groups is 1. The second-order valence-electron chi connectivity index (χ2n) is 5.52. The Morgan fingerprint density at radius 2 is 1.89 bits per heavy atom. The standard InChI is InChI=1S/C16H25NO2/c1-2-5-14-6-8-16(9-7-14)19-13-15(18)12-17-10-3-4-11-17/h6-9,15,18H,2-5,10-13H2,1H3/p+1/t15-/m1/s1. The summed E-state index contributed by atoms with van der Waals surface area (Å²) in [5.41, 5.74) is 1.34. The van der Waals surface area contributed by atoms with Gasteiger partial charge in [0, 0.05) is 12.8 Å². The minimum Gasteiger partial charge on any atom is -0.491 e. The Balaban J connectivity index is 1.71. The van der Waals surface area contributed by atoms with Crippen molar-refractivity contribution >= 4 is 0 Å². The van der Waals surface area contributed by atoms with Crippen LogP contribution in [-0.4, -0.2) is 37.5 Å². The summed E-state index contributed by atoms with van der Waals surface area (Å²) in [5.74, 6) is 0.857. The fourth-order valence-corrected chi connectivity index (χ4v) is 2.70. The van der Waals surface area contributed by atoms with Crippen LogP contribution in [0.1, 0.15) is 31.7 Å². The second-order valence-corrected chi connectivity index (χ2v) is 5.52. The van der Waals surface area contributed by atoms with Gasteiger partial charge in [0.05, 0.1) is 13.1 Å².